The number of carbonyl (C=O) groups is 1. The maximum Gasteiger partial charge on any atom is 0.257 e. The Balaban J connectivity index is 1.52. The van der Waals surface area contributed by atoms with Crippen LogP contribution in [0.15, 0.2) is 47.0 Å². The molecule has 0 radical (unpaired) electrons. The van der Waals surface area contributed by atoms with Gasteiger partial charge >= 0.3 is 0 Å². The Kier molecular flexibility index (Phi) is 4.90. The molecule has 7 heteroatoms. The third-order valence-electron chi connectivity index (χ3n) is 5.14. The number of anilines is 1. The summed E-state index contributed by atoms with van der Waals surface area (Å²) in [7, 11) is 0. The van der Waals surface area contributed by atoms with E-state index in [9.17, 15) is 9.18 Å². The van der Waals surface area contributed by atoms with Crippen molar-refractivity contribution >= 4 is 23.2 Å². The minimum absolute atomic E-state index is 0.0145. The molecule has 0 bridgehead atoms. The van der Waals surface area contributed by atoms with Gasteiger partial charge in [-0.2, -0.15) is 4.98 Å². The highest BCUT2D eigenvalue weighted by Gasteiger charge is 2.35. The van der Waals surface area contributed by atoms with Crippen LogP contribution in [-0.4, -0.2) is 22.6 Å². The molecular formula is C22H21ClFN3O2. The molecule has 150 valence electrons. The van der Waals surface area contributed by atoms with Crippen LogP contribution in [0.2, 0.25) is 5.02 Å². The van der Waals surface area contributed by atoms with Crippen LogP contribution < -0.4 is 4.90 Å². The third-order valence-corrected chi connectivity index (χ3v) is 5.43. The summed E-state index contributed by atoms with van der Waals surface area (Å²) in [5.41, 5.74) is 2.68. The molecule has 29 heavy (non-hydrogen) atoms. The van der Waals surface area contributed by atoms with Crippen LogP contribution in [0.4, 0.5) is 10.1 Å². The molecular weight excluding hydrogens is 393 g/mol. The van der Waals surface area contributed by atoms with Gasteiger partial charge in [0.2, 0.25) is 5.91 Å². The molecule has 0 spiro atoms. The summed E-state index contributed by atoms with van der Waals surface area (Å²) in [5, 5.41) is 4.07. The predicted octanol–water partition coefficient (Wildman–Crippen LogP) is 5.35. The van der Waals surface area contributed by atoms with E-state index in [1.54, 1.807) is 11.0 Å². The zero-order valence-electron chi connectivity index (χ0n) is 16.4. The van der Waals surface area contributed by atoms with Crippen molar-refractivity contribution in [2.24, 2.45) is 0 Å². The first kappa shape index (κ1) is 19.6. The van der Waals surface area contributed by atoms with Gasteiger partial charge in [0.1, 0.15) is 5.82 Å². The van der Waals surface area contributed by atoms with Crippen LogP contribution in [0.25, 0.3) is 11.5 Å². The third kappa shape index (κ3) is 3.90. The van der Waals surface area contributed by atoms with E-state index in [4.69, 9.17) is 16.1 Å². The van der Waals surface area contributed by atoms with Crippen molar-refractivity contribution in [3.8, 4) is 11.5 Å². The Hall–Kier alpha value is -2.73. The maximum absolute atomic E-state index is 13.4. The molecule has 1 aliphatic rings. The standard InChI is InChI=1S/C22H21ClFN3O2/c1-22(2,3)15-6-4-13(5-7-15)21-25-20(26-29-21)14-10-19(28)27(12-14)16-8-9-18(24)17(23)11-16/h4-9,11,14H,10,12H2,1-3H3. The highest BCUT2D eigenvalue weighted by Crippen LogP contribution is 2.33. The van der Waals surface area contributed by atoms with Gasteiger partial charge in [-0.1, -0.05) is 49.7 Å². The van der Waals surface area contributed by atoms with Crippen molar-refractivity contribution in [2.75, 3.05) is 11.4 Å². The van der Waals surface area contributed by atoms with E-state index >= 15 is 0 Å². The maximum atomic E-state index is 13.4. The van der Waals surface area contributed by atoms with Gasteiger partial charge in [-0.25, -0.2) is 4.39 Å². The number of rotatable bonds is 3. The SMILES string of the molecule is CC(C)(C)c1ccc(-c2nc(C3CC(=O)N(c4ccc(F)c(Cl)c4)C3)no2)cc1. The van der Waals surface area contributed by atoms with Gasteiger partial charge in [0.05, 0.1) is 5.02 Å². The van der Waals surface area contributed by atoms with Crippen molar-refractivity contribution in [1.82, 2.24) is 10.1 Å². The molecule has 1 fully saturated rings. The van der Waals surface area contributed by atoms with Crippen LogP contribution in [0.3, 0.4) is 0 Å². The Morgan fingerprint density at radius 1 is 1.17 bits per heavy atom. The molecule has 3 aromatic rings. The fraction of sp³-hybridized carbons (Fsp3) is 0.318. The molecule has 2 aromatic carbocycles. The normalized spacial score (nSPS) is 17.2. The number of aromatic nitrogens is 2. The van der Waals surface area contributed by atoms with E-state index in [0.29, 0.717) is 23.9 Å². The fourth-order valence-electron chi connectivity index (χ4n) is 3.41. The smallest absolute Gasteiger partial charge is 0.257 e. The highest BCUT2D eigenvalue weighted by molar-refractivity contribution is 6.31. The van der Waals surface area contributed by atoms with E-state index < -0.39 is 5.82 Å². The van der Waals surface area contributed by atoms with E-state index in [2.05, 4.69) is 43.0 Å². The zero-order valence-corrected chi connectivity index (χ0v) is 17.2. The number of hydrogen-bond donors (Lipinski definition) is 0. The average Bonchev–Trinajstić information content (AvgIpc) is 3.30. The van der Waals surface area contributed by atoms with Gasteiger partial charge in [-0.15, -0.1) is 0 Å². The average molecular weight is 414 g/mol. The number of halogens is 2. The molecule has 0 saturated carbocycles. The molecule has 1 amide bonds. The van der Waals surface area contributed by atoms with E-state index in [-0.39, 0.29) is 28.7 Å². The summed E-state index contributed by atoms with van der Waals surface area (Å²) in [6.07, 6.45) is 0.261. The highest BCUT2D eigenvalue weighted by atomic mass is 35.5. The van der Waals surface area contributed by atoms with Gasteiger partial charge in [0.15, 0.2) is 5.82 Å². The first-order chi connectivity index (χ1) is 13.7. The topological polar surface area (TPSA) is 59.2 Å². The largest absolute Gasteiger partial charge is 0.334 e. The van der Waals surface area contributed by atoms with Gasteiger partial charge in [0, 0.05) is 30.1 Å². The molecule has 4 rings (SSSR count). The number of carbonyl (C=O) groups excluding carboxylic acids is 1. The number of amides is 1. The second-order valence-electron chi connectivity index (χ2n) is 8.29. The monoisotopic (exact) mass is 413 g/mol. The first-order valence-corrected chi connectivity index (χ1v) is 9.80. The van der Waals surface area contributed by atoms with Crippen molar-refractivity contribution in [3.05, 3.63) is 64.7 Å². The Morgan fingerprint density at radius 2 is 1.90 bits per heavy atom. The Labute approximate surface area is 173 Å². The molecule has 0 N–H and O–H groups in total. The van der Waals surface area contributed by atoms with E-state index in [1.807, 2.05) is 12.1 Å². The van der Waals surface area contributed by atoms with Crippen molar-refractivity contribution < 1.29 is 13.7 Å². The fourth-order valence-corrected chi connectivity index (χ4v) is 3.59. The summed E-state index contributed by atoms with van der Waals surface area (Å²) >= 11 is 5.85. The second kappa shape index (κ2) is 7.26. The molecule has 2 heterocycles. The van der Waals surface area contributed by atoms with E-state index in [1.165, 1.54) is 17.7 Å². The summed E-state index contributed by atoms with van der Waals surface area (Å²) in [4.78, 5) is 18.5. The van der Waals surface area contributed by atoms with Crippen molar-refractivity contribution in [1.29, 1.82) is 0 Å². The van der Waals surface area contributed by atoms with Crippen LogP contribution >= 0.6 is 11.6 Å². The Bertz CT molecular complexity index is 1060. The van der Waals surface area contributed by atoms with Crippen molar-refractivity contribution in [3.63, 3.8) is 0 Å². The summed E-state index contributed by atoms with van der Waals surface area (Å²) in [5.74, 6) is 0.121. The lowest BCUT2D eigenvalue weighted by Crippen LogP contribution is -2.24. The van der Waals surface area contributed by atoms with Crippen LogP contribution in [0, 0.1) is 5.82 Å². The van der Waals surface area contributed by atoms with Gasteiger partial charge in [-0.05, 0) is 41.3 Å². The molecule has 1 saturated heterocycles. The molecule has 1 aromatic heterocycles. The minimum Gasteiger partial charge on any atom is -0.334 e. The number of nitrogens with zero attached hydrogens (tertiary/aromatic N) is 3. The van der Waals surface area contributed by atoms with Gasteiger partial charge in [0.25, 0.3) is 5.89 Å². The predicted molar refractivity (Wildman–Crippen MR) is 110 cm³/mol. The lowest BCUT2D eigenvalue weighted by atomic mass is 9.87. The van der Waals surface area contributed by atoms with Crippen molar-refractivity contribution in [2.45, 2.75) is 38.5 Å². The van der Waals surface area contributed by atoms with Crippen LogP contribution in [0.5, 0.6) is 0 Å². The second-order valence-corrected chi connectivity index (χ2v) is 8.70. The van der Waals surface area contributed by atoms with Gasteiger partial charge < -0.3 is 9.42 Å². The zero-order chi connectivity index (χ0) is 20.8. The lowest BCUT2D eigenvalue weighted by molar-refractivity contribution is -0.117. The van der Waals surface area contributed by atoms with Crippen LogP contribution in [-0.2, 0) is 10.2 Å². The summed E-state index contributed by atoms with van der Waals surface area (Å²) in [6, 6.07) is 12.3. The van der Waals surface area contributed by atoms with Crippen LogP contribution in [0.1, 0.15) is 44.5 Å². The quantitative estimate of drug-likeness (QED) is 0.581. The number of hydrogen-bond acceptors (Lipinski definition) is 4. The lowest BCUT2D eigenvalue weighted by Gasteiger charge is -2.18. The van der Waals surface area contributed by atoms with E-state index in [0.717, 1.165) is 5.56 Å². The Morgan fingerprint density at radius 3 is 2.55 bits per heavy atom. The molecule has 0 aliphatic carbocycles. The molecule has 1 unspecified atom stereocenters. The molecule has 1 atom stereocenters. The summed E-state index contributed by atoms with van der Waals surface area (Å²) < 4.78 is 18.8. The minimum atomic E-state index is -0.515. The first-order valence-electron chi connectivity index (χ1n) is 9.42. The number of benzene rings is 2. The molecule has 5 nitrogen and oxygen atoms in total. The van der Waals surface area contributed by atoms with Gasteiger partial charge in [-0.3, -0.25) is 4.79 Å². The molecule has 1 aliphatic heterocycles. The summed E-state index contributed by atoms with van der Waals surface area (Å²) in [6.45, 7) is 6.86.